The molecule has 6 nitrogen and oxygen atoms in total. The second kappa shape index (κ2) is 6.65. The highest BCUT2D eigenvalue weighted by Crippen LogP contribution is 2.15. The smallest absolute Gasteiger partial charge is 0.240 e. The molecule has 0 saturated heterocycles. The maximum Gasteiger partial charge on any atom is 0.240 e. The summed E-state index contributed by atoms with van der Waals surface area (Å²) in [6.07, 6.45) is 0.0999. The van der Waals surface area contributed by atoms with Crippen molar-refractivity contribution in [3.8, 4) is 0 Å². The normalized spacial score (nSPS) is 13.0. The monoisotopic (exact) mass is 285 g/mol. The molecule has 0 aliphatic carbocycles. The number of rotatable bonds is 6. The van der Waals surface area contributed by atoms with Crippen LogP contribution in [0, 0.1) is 0 Å². The molecule has 0 bridgehead atoms. The van der Waals surface area contributed by atoms with Gasteiger partial charge >= 0.3 is 0 Å². The zero-order chi connectivity index (χ0) is 14.5. The van der Waals surface area contributed by atoms with E-state index in [0.29, 0.717) is 0 Å². The van der Waals surface area contributed by atoms with Crippen LogP contribution in [-0.2, 0) is 14.8 Å². The highest BCUT2D eigenvalue weighted by atomic mass is 32.2. The van der Waals surface area contributed by atoms with Crippen molar-refractivity contribution in [2.24, 2.45) is 5.73 Å². The Morgan fingerprint density at radius 2 is 2.11 bits per heavy atom. The number of nitrogens with two attached hydrogens (primary N) is 1. The SMILES string of the molecule is CNC(=O)CCNS(=O)(=O)c1cccc(C(C)N)c1. The Balaban J connectivity index is 2.77. The van der Waals surface area contributed by atoms with Crippen LogP contribution in [0.3, 0.4) is 0 Å². The van der Waals surface area contributed by atoms with Gasteiger partial charge in [0.2, 0.25) is 15.9 Å². The molecule has 1 atom stereocenters. The van der Waals surface area contributed by atoms with E-state index in [1.165, 1.54) is 19.2 Å². The van der Waals surface area contributed by atoms with Crippen LogP contribution >= 0.6 is 0 Å². The lowest BCUT2D eigenvalue weighted by molar-refractivity contribution is -0.120. The van der Waals surface area contributed by atoms with Crippen molar-refractivity contribution >= 4 is 15.9 Å². The lowest BCUT2D eigenvalue weighted by Crippen LogP contribution is -2.29. The topological polar surface area (TPSA) is 101 Å². The molecule has 0 radical (unpaired) electrons. The largest absolute Gasteiger partial charge is 0.359 e. The summed E-state index contributed by atoms with van der Waals surface area (Å²) in [6, 6.07) is 6.21. The third-order valence-electron chi connectivity index (χ3n) is 2.62. The van der Waals surface area contributed by atoms with E-state index in [2.05, 4.69) is 10.0 Å². The molecule has 1 amide bonds. The van der Waals surface area contributed by atoms with Crippen molar-refractivity contribution in [1.82, 2.24) is 10.0 Å². The summed E-state index contributed by atoms with van der Waals surface area (Å²) in [4.78, 5) is 11.2. The highest BCUT2D eigenvalue weighted by molar-refractivity contribution is 7.89. The van der Waals surface area contributed by atoms with E-state index in [-0.39, 0.29) is 29.8 Å². The fourth-order valence-electron chi connectivity index (χ4n) is 1.47. The summed E-state index contributed by atoms with van der Waals surface area (Å²) in [5.74, 6) is -0.216. The molecule has 0 aliphatic heterocycles. The van der Waals surface area contributed by atoms with Gasteiger partial charge < -0.3 is 11.1 Å². The van der Waals surface area contributed by atoms with Crippen molar-refractivity contribution in [3.05, 3.63) is 29.8 Å². The molecule has 0 aromatic heterocycles. The number of sulfonamides is 1. The summed E-state index contributed by atoms with van der Waals surface area (Å²) in [5, 5.41) is 2.42. The fraction of sp³-hybridized carbons (Fsp3) is 0.417. The van der Waals surface area contributed by atoms with Gasteiger partial charge in [-0.15, -0.1) is 0 Å². The van der Waals surface area contributed by atoms with Crippen molar-refractivity contribution in [1.29, 1.82) is 0 Å². The predicted octanol–water partition coefficient (Wildman–Crippen LogP) is 0.121. The van der Waals surface area contributed by atoms with E-state index in [9.17, 15) is 13.2 Å². The molecule has 7 heteroatoms. The number of carbonyl (C=O) groups excluding carboxylic acids is 1. The van der Waals surface area contributed by atoms with Gasteiger partial charge in [0.15, 0.2) is 0 Å². The Hall–Kier alpha value is -1.44. The minimum Gasteiger partial charge on any atom is -0.359 e. The van der Waals surface area contributed by atoms with E-state index in [4.69, 9.17) is 5.73 Å². The van der Waals surface area contributed by atoms with Gasteiger partial charge in [-0.1, -0.05) is 12.1 Å². The Morgan fingerprint density at radius 1 is 1.42 bits per heavy atom. The Kier molecular flexibility index (Phi) is 5.46. The first-order valence-electron chi connectivity index (χ1n) is 5.92. The Morgan fingerprint density at radius 3 is 2.68 bits per heavy atom. The van der Waals surface area contributed by atoms with Gasteiger partial charge in [0, 0.05) is 26.1 Å². The van der Waals surface area contributed by atoms with E-state index < -0.39 is 10.0 Å². The molecular weight excluding hydrogens is 266 g/mol. The number of hydrogen-bond donors (Lipinski definition) is 3. The molecular formula is C12H19N3O3S. The van der Waals surface area contributed by atoms with Gasteiger partial charge in [-0.05, 0) is 24.6 Å². The number of hydrogen-bond acceptors (Lipinski definition) is 4. The molecule has 4 N–H and O–H groups in total. The number of nitrogens with one attached hydrogen (secondary N) is 2. The maximum absolute atomic E-state index is 12.0. The van der Waals surface area contributed by atoms with Gasteiger partial charge in [-0.2, -0.15) is 0 Å². The van der Waals surface area contributed by atoms with Crippen LogP contribution in [0.2, 0.25) is 0 Å². The summed E-state index contributed by atoms with van der Waals surface area (Å²) < 4.78 is 26.4. The van der Waals surface area contributed by atoms with Gasteiger partial charge in [-0.3, -0.25) is 4.79 Å². The van der Waals surface area contributed by atoms with Crippen LogP contribution in [0.1, 0.15) is 24.9 Å². The third kappa shape index (κ3) is 4.62. The molecule has 1 aromatic rings. The molecule has 0 aliphatic rings. The predicted molar refractivity (Wildman–Crippen MR) is 72.9 cm³/mol. The van der Waals surface area contributed by atoms with Crippen molar-refractivity contribution in [2.45, 2.75) is 24.3 Å². The van der Waals surface area contributed by atoms with Gasteiger partial charge in [-0.25, -0.2) is 13.1 Å². The fourth-order valence-corrected chi connectivity index (χ4v) is 2.56. The minimum atomic E-state index is -3.61. The standard InChI is InChI=1S/C12H19N3O3S/c1-9(13)10-4-3-5-11(8-10)19(17,18)15-7-6-12(16)14-2/h3-5,8-9,15H,6-7,13H2,1-2H3,(H,14,16). The van der Waals surface area contributed by atoms with Crippen molar-refractivity contribution < 1.29 is 13.2 Å². The first-order valence-corrected chi connectivity index (χ1v) is 7.41. The number of amides is 1. The molecule has 0 saturated carbocycles. The van der Waals surface area contributed by atoms with E-state index in [1.807, 2.05) is 0 Å². The maximum atomic E-state index is 12.0. The van der Waals surface area contributed by atoms with Crippen molar-refractivity contribution in [2.75, 3.05) is 13.6 Å². The zero-order valence-corrected chi connectivity index (χ0v) is 11.8. The average Bonchev–Trinajstić information content (AvgIpc) is 2.38. The van der Waals surface area contributed by atoms with Crippen LogP contribution < -0.4 is 15.8 Å². The third-order valence-corrected chi connectivity index (χ3v) is 4.08. The molecule has 0 fully saturated rings. The molecule has 1 rings (SSSR count). The van der Waals surface area contributed by atoms with Crippen LogP contribution in [0.4, 0.5) is 0 Å². The lowest BCUT2D eigenvalue weighted by atomic mass is 10.1. The summed E-state index contributed by atoms with van der Waals surface area (Å²) >= 11 is 0. The summed E-state index contributed by atoms with van der Waals surface area (Å²) in [7, 11) is -2.10. The van der Waals surface area contributed by atoms with Gasteiger partial charge in [0.1, 0.15) is 0 Å². The number of carbonyl (C=O) groups is 1. The molecule has 1 unspecified atom stereocenters. The van der Waals surface area contributed by atoms with E-state index >= 15 is 0 Å². The average molecular weight is 285 g/mol. The van der Waals surface area contributed by atoms with Crippen LogP contribution in [0.25, 0.3) is 0 Å². The van der Waals surface area contributed by atoms with Gasteiger partial charge in [0.25, 0.3) is 0 Å². The highest BCUT2D eigenvalue weighted by Gasteiger charge is 2.15. The number of benzene rings is 1. The first kappa shape index (κ1) is 15.6. The Labute approximate surface area is 113 Å². The molecule has 0 spiro atoms. The van der Waals surface area contributed by atoms with Crippen LogP contribution in [0.5, 0.6) is 0 Å². The van der Waals surface area contributed by atoms with Gasteiger partial charge in [0.05, 0.1) is 4.90 Å². The summed E-state index contributed by atoms with van der Waals surface area (Å²) in [5.41, 5.74) is 6.46. The molecule has 0 heterocycles. The van der Waals surface area contributed by atoms with Crippen LogP contribution in [0.15, 0.2) is 29.2 Å². The van der Waals surface area contributed by atoms with E-state index in [1.54, 1.807) is 19.1 Å². The first-order chi connectivity index (χ1) is 8.86. The van der Waals surface area contributed by atoms with Crippen molar-refractivity contribution in [3.63, 3.8) is 0 Å². The molecule has 106 valence electrons. The second-order valence-electron chi connectivity index (χ2n) is 4.18. The van der Waals surface area contributed by atoms with E-state index in [0.717, 1.165) is 5.56 Å². The summed E-state index contributed by atoms with van der Waals surface area (Å²) in [6.45, 7) is 1.84. The second-order valence-corrected chi connectivity index (χ2v) is 5.95. The van der Waals surface area contributed by atoms with Crippen LogP contribution in [-0.4, -0.2) is 27.9 Å². The zero-order valence-electron chi connectivity index (χ0n) is 11.0. The lowest BCUT2D eigenvalue weighted by Gasteiger charge is -2.10. The molecule has 19 heavy (non-hydrogen) atoms. The minimum absolute atomic E-state index is 0.0599. The quantitative estimate of drug-likeness (QED) is 0.691. The molecule has 1 aromatic carbocycles. The Bertz CT molecular complexity index is 541.